The van der Waals surface area contributed by atoms with Gasteiger partial charge in [-0.1, -0.05) is 0 Å². The Morgan fingerprint density at radius 2 is 2.07 bits per heavy atom. The molecule has 2 rings (SSSR count). The molecule has 4 nitrogen and oxygen atoms in total. The van der Waals surface area contributed by atoms with E-state index in [2.05, 4.69) is 0 Å². The summed E-state index contributed by atoms with van der Waals surface area (Å²) in [5, 5.41) is 0. The van der Waals surface area contributed by atoms with Crippen molar-refractivity contribution in [1.82, 2.24) is 9.80 Å². The molecule has 0 radical (unpaired) electrons. The second-order valence-corrected chi connectivity index (χ2v) is 4.75. The molecule has 1 heterocycles. The van der Waals surface area contributed by atoms with Gasteiger partial charge in [0.15, 0.2) is 0 Å². The molecule has 0 aromatic heterocycles. The Morgan fingerprint density at radius 1 is 1.36 bits per heavy atom. The SMILES string of the molecule is CN(C)C(=O)N1CC2CCC(N)C2C1. The molecular weight excluding hydrogens is 178 g/mol. The molecule has 2 aliphatic rings. The highest BCUT2D eigenvalue weighted by molar-refractivity contribution is 5.74. The third kappa shape index (κ3) is 1.47. The van der Waals surface area contributed by atoms with Gasteiger partial charge in [-0.05, 0) is 24.7 Å². The second-order valence-electron chi connectivity index (χ2n) is 4.75. The summed E-state index contributed by atoms with van der Waals surface area (Å²) in [6.45, 7) is 1.78. The maximum atomic E-state index is 11.7. The van der Waals surface area contributed by atoms with E-state index in [1.54, 1.807) is 19.0 Å². The number of carbonyl (C=O) groups is 1. The number of hydrogen-bond acceptors (Lipinski definition) is 2. The van der Waals surface area contributed by atoms with Crippen LogP contribution in [0.5, 0.6) is 0 Å². The molecule has 2 N–H and O–H groups in total. The zero-order chi connectivity index (χ0) is 10.3. The van der Waals surface area contributed by atoms with Gasteiger partial charge in [-0.25, -0.2) is 4.79 Å². The topological polar surface area (TPSA) is 49.6 Å². The Bertz CT molecular complexity index is 242. The Kier molecular flexibility index (Phi) is 2.39. The number of nitrogens with zero attached hydrogens (tertiary/aromatic N) is 2. The van der Waals surface area contributed by atoms with E-state index in [-0.39, 0.29) is 6.03 Å². The third-order valence-electron chi connectivity index (χ3n) is 3.57. The molecule has 4 heteroatoms. The van der Waals surface area contributed by atoms with Crippen molar-refractivity contribution in [2.45, 2.75) is 18.9 Å². The quantitative estimate of drug-likeness (QED) is 0.608. The van der Waals surface area contributed by atoms with Gasteiger partial charge in [-0.15, -0.1) is 0 Å². The first-order chi connectivity index (χ1) is 6.59. The van der Waals surface area contributed by atoms with Gasteiger partial charge in [0.05, 0.1) is 0 Å². The normalized spacial score (nSPS) is 35.9. The number of likely N-dealkylation sites (tertiary alicyclic amines) is 1. The van der Waals surface area contributed by atoms with Gasteiger partial charge < -0.3 is 15.5 Å². The lowest BCUT2D eigenvalue weighted by Crippen LogP contribution is -2.39. The summed E-state index contributed by atoms with van der Waals surface area (Å²) < 4.78 is 0. The van der Waals surface area contributed by atoms with E-state index >= 15 is 0 Å². The molecule has 1 saturated heterocycles. The fraction of sp³-hybridized carbons (Fsp3) is 0.900. The average Bonchev–Trinajstić information content (AvgIpc) is 2.67. The number of nitrogens with two attached hydrogens (primary N) is 1. The van der Waals surface area contributed by atoms with Gasteiger partial charge in [0, 0.05) is 33.2 Å². The van der Waals surface area contributed by atoms with Gasteiger partial charge in [-0.3, -0.25) is 0 Å². The predicted molar refractivity (Wildman–Crippen MR) is 54.8 cm³/mol. The summed E-state index contributed by atoms with van der Waals surface area (Å²) in [6, 6.07) is 0.451. The molecule has 0 bridgehead atoms. The smallest absolute Gasteiger partial charge is 0.319 e. The Labute approximate surface area is 85.0 Å². The van der Waals surface area contributed by atoms with E-state index in [9.17, 15) is 4.79 Å². The highest BCUT2D eigenvalue weighted by atomic mass is 16.2. The zero-order valence-electron chi connectivity index (χ0n) is 8.94. The van der Waals surface area contributed by atoms with Crippen LogP contribution in [0, 0.1) is 11.8 Å². The van der Waals surface area contributed by atoms with Crippen LogP contribution in [-0.4, -0.2) is 49.1 Å². The van der Waals surface area contributed by atoms with Crippen LogP contribution in [-0.2, 0) is 0 Å². The average molecular weight is 197 g/mol. The maximum absolute atomic E-state index is 11.7. The molecule has 3 atom stereocenters. The van der Waals surface area contributed by atoms with Crippen molar-refractivity contribution in [3.63, 3.8) is 0 Å². The highest BCUT2D eigenvalue weighted by Crippen LogP contribution is 2.37. The van der Waals surface area contributed by atoms with E-state index < -0.39 is 0 Å². The van der Waals surface area contributed by atoms with Gasteiger partial charge in [0.2, 0.25) is 0 Å². The minimum absolute atomic E-state index is 0.131. The van der Waals surface area contributed by atoms with Crippen LogP contribution in [0.4, 0.5) is 4.79 Å². The molecule has 1 aliphatic carbocycles. The van der Waals surface area contributed by atoms with Crippen LogP contribution in [0.1, 0.15) is 12.8 Å². The van der Waals surface area contributed by atoms with Crippen LogP contribution >= 0.6 is 0 Å². The lowest BCUT2D eigenvalue weighted by atomic mass is 9.98. The molecule has 1 aliphatic heterocycles. The first-order valence-corrected chi connectivity index (χ1v) is 5.31. The summed E-state index contributed by atoms with van der Waals surface area (Å²) in [4.78, 5) is 15.3. The van der Waals surface area contributed by atoms with Crippen molar-refractivity contribution in [2.75, 3.05) is 27.2 Å². The first kappa shape index (κ1) is 9.77. The number of fused-ring (bicyclic) bond motifs is 1. The van der Waals surface area contributed by atoms with Gasteiger partial charge >= 0.3 is 6.03 Å². The van der Waals surface area contributed by atoms with Gasteiger partial charge in [0.1, 0.15) is 0 Å². The standard InChI is InChI=1S/C10H19N3O/c1-12(2)10(14)13-5-7-3-4-9(11)8(7)6-13/h7-9H,3-6,11H2,1-2H3. The van der Waals surface area contributed by atoms with E-state index in [0.29, 0.717) is 17.9 Å². The summed E-state index contributed by atoms with van der Waals surface area (Å²) in [6.07, 6.45) is 2.34. The predicted octanol–water partition coefficient (Wildman–Crippen LogP) is 0.337. The lowest BCUT2D eigenvalue weighted by Gasteiger charge is -2.22. The molecule has 2 fully saturated rings. The van der Waals surface area contributed by atoms with Crippen LogP contribution in [0.3, 0.4) is 0 Å². The van der Waals surface area contributed by atoms with E-state index in [1.165, 1.54) is 6.42 Å². The molecule has 0 aromatic carbocycles. The minimum Gasteiger partial charge on any atom is -0.331 e. The lowest BCUT2D eigenvalue weighted by molar-refractivity contribution is 0.177. The third-order valence-corrected chi connectivity index (χ3v) is 3.57. The molecule has 3 unspecified atom stereocenters. The Balaban J connectivity index is 1.98. The molecule has 80 valence electrons. The van der Waals surface area contributed by atoms with Gasteiger partial charge in [0.25, 0.3) is 0 Å². The monoisotopic (exact) mass is 197 g/mol. The summed E-state index contributed by atoms with van der Waals surface area (Å²) in [5.74, 6) is 1.22. The number of amides is 2. The Morgan fingerprint density at radius 3 is 2.64 bits per heavy atom. The highest BCUT2D eigenvalue weighted by Gasteiger charge is 2.42. The fourth-order valence-electron chi connectivity index (χ4n) is 2.75. The van der Waals surface area contributed by atoms with Crippen molar-refractivity contribution in [1.29, 1.82) is 0 Å². The number of carbonyl (C=O) groups excluding carboxylic acids is 1. The van der Waals surface area contributed by atoms with E-state index in [4.69, 9.17) is 5.73 Å². The van der Waals surface area contributed by atoms with Crippen molar-refractivity contribution in [3.05, 3.63) is 0 Å². The van der Waals surface area contributed by atoms with Crippen LogP contribution in [0.2, 0.25) is 0 Å². The number of urea groups is 1. The van der Waals surface area contributed by atoms with Crippen molar-refractivity contribution >= 4 is 6.03 Å². The second kappa shape index (κ2) is 3.42. The largest absolute Gasteiger partial charge is 0.331 e. The van der Waals surface area contributed by atoms with E-state index in [0.717, 1.165) is 19.5 Å². The van der Waals surface area contributed by atoms with Crippen molar-refractivity contribution < 1.29 is 4.79 Å². The van der Waals surface area contributed by atoms with Crippen molar-refractivity contribution in [3.8, 4) is 0 Å². The fourth-order valence-corrected chi connectivity index (χ4v) is 2.75. The Hall–Kier alpha value is -0.770. The molecule has 2 amide bonds. The number of rotatable bonds is 0. The molecule has 0 spiro atoms. The van der Waals surface area contributed by atoms with Crippen molar-refractivity contribution in [2.24, 2.45) is 17.6 Å². The van der Waals surface area contributed by atoms with Crippen LogP contribution in [0.25, 0.3) is 0 Å². The summed E-state index contributed by atoms with van der Waals surface area (Å²) >= 11 is 0. The molecule has 1 saturated carbocycles. The summed E-state index contributed by atoms with van der Waals surface area (Å²) in [5.41, 5.74) is 6.01. The first-order valence-electron chi connectivity index (χ1n) is 5.31. The van der Waals surface area contributed by atoms with Crippen LogP contribution < -0.4 is 5.73 Å². The molecular formula is C10H19N3O. The van der Waals surface area contributed by atoms with Gasteiger partial charge in [-0.2, -0.15) is 0 Å². The van der Waals surface area contributed by atoms with E-state index in [1.807, 2.05) is 4.90 Å². The summed E-state index contributed by atoms with van der Waals surface area (Å²) in [7, 11) is 3.60. The molecule has 14 heavy (non-hydrogen) atoms. The van der Waals surface area contributed by atoms with Crippen LogP contribution in [0.15, 0.2) is 0 Å². The minimum atomic E-state index is 0.131. The number of hydrogen-bond donors (Lipinski definition) is 1. The maximum Gasteiger partial charge on any atom is 0.319 e. The zero-order valence-corrected chi connectivity index (χ0v) is 8.94. The molecule has 0 aromatic rings.